The van der Waals surface area contributed by atoms with Crippen LogP contribution in [0.3, 0.4) is 0 Å². The van der Waals surface area contributed by atoms with Crippen molar-refractivity contribution in [2.24, 2.45) is 0 Å². The minimum absolute atomic E-state index is 0.200. The van der Waals surface area contributed by atoms with Gasteiger partial charge in [-0.15, -0.1) is 0 Å². The summed E-state index contributed by atoms with van der Waals surface area (Å²) < 4.78 is 6.68. The van der Waals surface area contributed by atoms with E-state index in [-0.39, 0.29) is 5.41 Å². The molecule has 0 saturated carbocycles. The first-order chi connectivity index (χ1) is 32.5. The lowest BCUT2D eigenvalue weighted by molar-refractivity contribution is 0.660. The van der Waals surface area contributed by atoms with Gasteiger partial charge >= 0.3 is 0 Å². The van der Waals surface area contributed by atoms with Gasteiger partial charge in [0.05, 0.1) is 22.2 Å². The van der Waals surface area contributed by atoms with Crippen molar-refractivity contribution in [2.75, 3.05) is 4.90 Å². The van der Waals surface area contributed by atoms with Gasteiger partial charge in [-0.05, 0) is 121 Å². The summed E-state index contributed by atoms with van der Waals surface area (Å²) in [7, 11) is 0. The molecule has 1 heterocycles. The summed E-state index contributed by atoms with van der Waals surface area (Å²) in [5.41, 5.74) is 21.5. The van der Waals surface area contributed by atoms with E-state index in [0.717, 1.165) is 50.1 Å². The lowest BCUT2D eigenvalue weighted by atomic mass is 9.67. The minimum Gasteiger partial charge on any atom is -0.456 e. The van der Waals surface area contributed by atoms with Crippen molar-refractivity contribution in [3.8, 4) is 44.5 Å². The van der Waals surface area contributed by atoms with Crippen LogP contribution in [-0.2, 0) is 10.8 Å². The summed E-state index contributed by atoms with van der Waals surface area (Å²) in [4.78, 5) is 2.55. The van der Waals surface area contributed by atoms with Gasteiger partial charge in [0.1, 0.15) is 11.2 Å². The fourth-order valence-electron chi connectivity index (χ4n) is 11.6. The summed E-state index contributed by atoms with van der Waals surface area (Å²) in [5, 5.41) is 2.18. The standard InChI is InChI=1S/C64H45NO/c1-63(2)53-31-15-12-28-49(53)50-37-36-48(41-55(50)63)65(57-33-19-35-60-62(57)52-30-14-17-34-59(52)66-60)58-40-45(43-22-8-4-9-23-43)39-56-61(58)51-29-13-16-32-54(51)64(56,46-25-10-5-11-26-46)47-27-18-24-44(38-47)42-20-6-3-7-21-42/h3-41H,1-2H3. The number of benzene rings is 10. The third kappa shape index (κ3) is 5.55. The molecule has 2 heteroatoms. The number of fused-ring (bicyclic) bond motifs is 9. The van der Waals surface area contributed by atoms with Crippen molar-refractivity contribution in [1.29, 1.82) is 0 Å². The number of anilines is 3. The maximum atomic E-state index is 6.68. The van der Waals surface area contributed by atoms with Crippen LogP contribution in [0.4, 0.5) is 17.1 Å². The van der Waals surface area contributed by atoms with Gasteiger partial charge in [0, 0.05) is 22.1 Å². The Labute approximate surface area is 385 Å². The van der Waals surface area contributed by atoms with E-state index in [1.807, 2.05) is 0 Å². The predicted molar refractivity (Wildman–Crippen MR) is 274 cm³/mol. The molecule has 312 valence electrons. The first kappa shape index (κ1) is 38.3. The highest BCUT2D eigenvalue weighted by Gasteiger charge is 2.48. The van der Waals surface area contributed by atoms with Crippen LogP contribution in [-0.4, -0.2) is 0 Å². The van der Waals surface area contributed by atoms with Crippen LogP contribution in [0.2, 0.25) is 0 Å². The molecule has 1 aromatic heterocycles. The Kier molecular flexibility index (Phi) is 8.51. The zero-order chi connectivity index (χ0) is 44.0. The van der Waals surface area contributed by atoms with Crippen LogP contribution in [0.15, 0.2) is 241 Å². The second-order valence-electron chi connectivity index (χ2n) is 18.4. The lowest BCUT2D eigenvalue weighted by Gasteiger charge is -2.35. The second kappa shape index (κ2) is 14.7. The molecular formula is C64H45NO. The molecule has 10 aromatic carbocycles. The van der Waals surface area contributed by atoms with Crippen molar-refractivity contribution >= 4 is 39.0 Å². The smallest absolute Gasteiger partial charge is 0.137 e. The molecule has 0 radical (unpaired) electrons. The number of para-hydroxylation sites is 1. The maximum Gasteiger partial charge on any atom is 0.137 e. The van der Waals surface area contributed by atoms with Gasteiger partial charge in [0.2, 0.25) is 0 Å². The highest BCUT2D eigenvalue weighted by molar-refractivity contribution is 6.14. The largest absolute Gasteiger partial charge is 0.456 e. The van der Waals surface area contributed by atoms with E-state index in [4.69, 9.17) is 4.42 Å². The molecule has 66 heavy (non-hydrogen) atoms. The van der Waals surface area contributed by atoms with Gasteiger partial charge in [-0.2, -0.15) is 0 Å². The lowest BCUT2D eigenvalue weighted by Crippen LogP contribution is -2.29. The van der Waals surface area contributed by atoms with E-state index in [1.54, 1.807) is 0 Å². The van der Waals surface area contributed by atoms with Crippen molar-refractivity contribution in [3.05, 3.63) is 270 Å². The molecule has 2 aliphatic rings. The van der Waals surface area contributed by atoms with E-state index < -0.39 is 5.41 Å². The number of nitrogens with zero attached hydrogens (tertiary/aromatic N) is 1. The molecule has 13 rings (SSSR count). The van der Waals surface area contributed by atoms with E-state index >= 15 is 0 Å². The van der Waals surface area contributed by atoms with Crippen LogP contribution in [0.1, 0.15) is 47.2 Å². The number of hydrogen-bond donors (Lipinski definition) is 0. The Morgan fingerprint density at radius 3 is 1.74 bits per heavy atom. The molecule has 11 aromatic rings. The summed E-state index contributed by atoms with van der Waals surface area (Å²) in [6.45, 7) is 4.75. The Bertz CT molecular complexity index is 3680. The number of rotatable bonds is 7. The van der Waals surface area contributed by atoms with Gasteiger partial charge in [0.15, 0.2) is 0 Å². The predicted octanol–water partition coefficient (Wildman–Crippen LogP) is 17.1. The normalized spacial score (nSPS) is 15.3. The van der Waals surface area contributed by atoms with Crippen molar-refractivity contribution in [2.45, 2.75) is 24.7 Å². The maximum absolute atomic E-state index is 6.68. The van der Waals surface area contributed by atoms with Crippen molar-refractivity contribution in [3.63, 3.8) is 0 Å². The number of furan rings is 1. The molecule has 1 unspecified atom stereocenters. The van der Waals surface area contributed by atoms with E-state index in [2.05, 4.69) is 255 Å². The van der Waals surface area contributed by atoms with Gasteiger partial charge < -0.3 is 9.32 Å². The molecule has 0 bridgehead atoms. The Morgan fingerprint density at radius 1 is 0.364 bits per heavy atom. The third-order valence-corrected chi connectivity index (χ3v) is 14.5. The molecule has 0 saturated heterocycles. The average molecular weight is 844 g/mol. The summed E-state index contributed by atoms with van der Waals surface area (Å²) in [5.74, 6) is 0. The van der Waals surface area contributed by atoms with Crippen molar-refractivity contribution < 1.29 is 4.42 Å². The van der Waals surface area contributed by atoms with Crippen LogP contribution >= 0.6 is 0 Å². The zero-order valence-electron chi connectivity index (χ0n) is 36.9. The molecule has 0 N–H and O–H groups in total. The minimum atomic E-state index is -0.668. The van der Waals surface area contributed by atoms with Gasteiger partial charge in [-0.3, -0.25) is 0 Å². The van der Waals surface area contributed by atoms with Crippen molar-refractivity contribution in [1.82, 2.24) is 0 Å². The molecule has 2 nitrogen and oxygen atoms in total. The first-order valence-electron chi connectivity index (χ1n) is 23.0. The molecule has 0 fully saturated rings. The zero-order valence-corrected chi connectivity index (χ0v) is 36.9. The molecule has 1 atom stereocenters. The van der Waals surface area contributed by atoms with Gasteiger partial charge in [-0.1, -0.05) is 202 Å². The van der Waals surface area contributed by atoms with Crippen LogP contribution in [0, 0.1) is 0 Å². The first-order valence-corrected chi connectivity index (χ1v) is 23.0. The molecule has 0 aliphatic heterocycles. The SMILES string of the molecule is CC1(C)c2ccccc2-c2ccc(N(c3cc(-c4ccccc4)cc4c3-c3ccccc3C4(c3ccccc3)c3cccc(-c4ccccc4)c3)c3cccc4oc5ccccc5c34)cc21. The molecule has 0 spiro atoms. The van der Waals surface area contributed by atoms with E-state index in [0.29, 0.717) is 0 Å². The topological polar surface area (TPSA) is 16.4 Å². The molecule has 0 amide bonds. The Morgan fingerprint density at radius 2 is 0.955 bits per heavy atom. The third-order valence-electron chi connectivity index (χ3n) is 14.5. The fourth-order valence-corrected chi connectivity index (χ4v) is 11.6. The van der Waals surface area contributed by atoms with E-state index in [9.17, 15) is 0 Å². The van der Waals surface area contributed by atoms with Crippen LogP contribution in [0.5, 0.6) is 0 Å². The fraction of sp³-hybridized carbons (Fsp3) is 0.0625. The average Bonchev–Trinajstić information content (AvgIpc) is 3.99. The Balaban J connectivity index is 1.18. The number of hydrogen-bond acceptors (Lipinski definition) is 2. The highest BCUT2D eigenvalue weighted by atomic mass is 16.3. The Hall–Kier alpha value is -8.20. The van der Waals surface area contributed by atoms with Crippen LogP contribution < -0.4 is 4.90 Å². The molecule has 2 aliphatic carbocycles. The monoisotopic (exact) mass is 843 g/mol. The quantitative estimate of drug-likeness (QED) is 0.159. The van der Waals surface area contributed by atoms with Gasteiger partial charge in [-0.25, -0.2) is 0 Å². The van der Waals surface area contributed by atoms with E-state index in [1.165, 1.54) is 66.8 Å². The van der Waals surface area contributed by atoms with Gasteiger partial charge in [0.25, 0.3) is 0 Å². The molecular weight excluding hydrogens is 799 g/mol. The summed E-state index contributed by atoms with van der Waals surface area (Å²) >= 11 is 0. The highest BCUT2D eigenvalue weighted by Crippen LogP contribution is 2.62. The summed E-state index contributed by atoms with van der Waals surface area (Å²) in [6, 6.07) is 87.3. The van der Waals surface area contributed by atoms with Crippen LogP contribution in [0.25, 0.3) is 66.4 Å². The summed E-state index contributed by atoms with van der Waals surface area (Å²) in [6.07, 6.45) is 0. The second-order valence-corrected chi connectivity index (χ2v) is 18.4.